The molecule has 31 heavy (non-hydrogen) atoms. The SMILES string of the molecule is Nc1nc(-c2ccc3c(N)n[nH]c3c2)cc(N2CCC[C@@H](N(C(=O)O)C3CCC3)C2)n1. The van der Waals surface area contributed by atoms with E-state index in [0.717, 1.165) is 60.9 Å². The first-order chi connectivity index (χ1) is 15.0. The number of aromatic amines is 1. The van der Waals surface area contributed by atoms with Gasteiger partial charge in [0.1, 0.15) is 5.82 Å². The Balaban J connectivity index is 1.43. The summed E-state index contributed by atoms with van der Waals surface area (Å²) in [5, 5.41) is 17.6. The number of anilines is 3. The number of amides is 1. The molecule has 0 spiro atoms. The number of nitrogens with zero attached hydrogens (tertiary/aromatic N) is 5. The highest BCUT2D eigenvalue weighted by Crippen LogP contribution is 2.32. The number of carboxylic acid groups (broad SMARTS) is 1. The van der Waals surface area contributed by atoms with E-state index in [1.54, 1.807) is 4.90 Å². The molecule has 1 aliphatic heterocycles. The first-order valence-electron chi connectivity index (χ1n) is 10.6. The van der Waals surface area contributed by atoms with Gasteiger partial charge in [-0.2, -0.15) is 10.1 Å². The van der Waals surface area contributed by atoms with Crippen molar-refractivity contribution < 1.29 is 9.90 Å². The van der Waals surface area contributed by atoms with Gasteiger partial charge in [-0.1, -0.05) is 6.07 Å². The van der Waals surface area contributed by atoms with E-state index in [2.05, 4.69) is 25.1 Å². The smallest absolute Gasteiger partial charge is 0.407 e. The summed E-state index contributed by atoms with van der Waals surface area (Å²) < 4.78 is 0. The minimum Gasteiger partial charge on any atom is -0.465 e. The summed E-state index contributed by atoms with van der Waals surface area (Å²) in [5.74, 6) is 1.36. The van der Waals surface area contributed by atoms with Crippen LogP contribution in [0.15, 0.2) is 24.3 Å². The summed E-state index contributed by atoms with van der Waals surface area (Å²) in [6, 6.07) is 7.78. The van der Waals surface area contributed by atoms with Crippen molar-refractivity contribution in [3.8, 4) is 11.3 Å². The number of aromatic nitrogens is 4. The van der Waals surface area contributed by atoms with Crippen LogP contribution in [-0.2, 0) is 0 Å². The summed E-state index contributed by atoms with van der Waals surface area (Å²) in [6.07, 6.45) is 3.95. The molecular formula is C21H26N8O2. The van der Waals surface area contributed by atoms with E-state index < -0.39 is 6.09 Å². The van der Waals surface area contributed by atoms with Crippen LogP contribution in [0.3, 0.4) is 0 Å². The maximum atomic E-state index is 11.9. The van der Waals surface area contributed by atoms with Gasteiger partial charge in [0, 0.05) is 36.1 Å². The van der Waals surface area contributed by atoms with Crippen LogP contribution in [0.2, 0.25) is 0 Å². The second-order valence-corrected chi connectivity index (χ2v) is 8.36. The number of hydrogen-bond acceptors (Lipinski definition) is 7. The van der Waals surface area contributed by atoms with Crippen LogP contribution < -0.4 is 16.4 Å². The Morgan fingerprint density at radius 1 is 1.13 bits per heavy atom. The molecule has 0 radical (unpaired) electrons. The molecule has 1 amide bonds. The third kappa shape index (κ3) is 3.58. The Hall–Kier alpha value is -3.56. The maximum absolute atomic E-state index is 11.9. The van der Waals surface area contributed by atoms with Gasteiger partial charge in [0.05, 0.1) is 17.3 Å². The summed E-state index contributed by atoms with van der Waals surface area (Å²) >= 11 is 0. The summed E-state index contributed by atoms with van der Waals surface area (Å²) in [6.45, 7) is 1.41. The molecule has 1 aliphatic carbocycles. The second-order valence-electron chi connectivity index (χ2n) is 8.36. The van der Waals surface area contributed by atoms with Crippen molar-refractivity contribution in [2.24, 2.45) is 0 Å². The maximum Gasteiger partial charge on any atom is 0.407 e. The van der Waals surface area contributed by atoms with Crippen molar-refractivity contribution in [3.63, 3.8) is 0 Å². The number of nitrogen functional groups attached to an aromatic ring is 2. The predicted octanol–water partition coefficient (Wildman–Crippen LogP) is 2.69. The normalized spacial score (nSPS) is 19.4. The lowest BCUT2D eigenvalue weighted by atomic mass is 9.89. The lowest BCUT2D eigenvalue weighted by Crippen LogP contribution is -2.55. The largest absolute Gasteiger partial charge is 0.465 e. The number of fused-ring (bicyclic) bond motifs is 1. The molecule has 6 N–H and O–H groups in total. The fourth-order valence-corrected chi connectivity index (χ4v) is 4.63. The van der Waals surface area contributed by atoms with Crippen molar-refractivity contribution in [3.05, 3.63) is 24.3 Å². The molecule has 3 aromatic rings. The molecule has 10 nitrogen and oxygen atoms in total. The monoisotopic (exact) mass is 422 g/mol. The molecule has 1 saturated heterocycles. The van der Waals surface area contributed by atoms with Gasteiger partial charge in [0.15, 0.2) is 5.82 Å². The molecule has 1 aromatic carbocycles. The topological polar surface area (TPSA) is 150 Å². The van der Waals surface area contributed by atoms with Crippen LogP contribution >= 0.6 is 0 Å². The predicted molar refractivity (Wildman–Crippen MR) is 119 cm³/mol. The van der Waals surface area contributed by atoms with Crippen molar-refractivity contribution in [1.82, 2.24) is 25.1 Å². The highest BCUT2D eigenvalue weighted by molar-refractivity contribution is 5.91. The summed E-state index contributed by atoms with van der Waals surface area (Å²) in [4.78, 5) is 24.6. The van der Waals surface area contributed by atoms with E-state index in [4.69, 9.17) is 11.5 Å². The van der Waals surface area contributed by atoms with E-state index in [-0.39, 0.29) is 18.0 Å². The first kappa shape index (κ1) is 19.4. The molecule has 2 aromatic heterocycles. The van der Waals surface area contributed by atoms with Crippen molar-refractivity contribution in [2.45, 2.75) is 44.2 Å². The zero-order chi connectivity index (χ0) is 21.5. The molecule has 3 heterocycles. The van der Waals surface area contributed by atoms with Gasteiger partial charge in [-0.3, -0.25) is 5.10 Å². The highest BCUT2D eigenvalue weighted by Gasteiger charge is 2.36. The van der Waals surface area contributed by atoms with Crippen molar-refractivity contribution in [2.75, 3.05) is 29.5 Å². The molecule has 162 valence electrons. The fraction of sp³-hybridized carbons (Fsp3) is 0.429. The molecule has 5 rings (SSSR count). The standard InChI is InChI=1S/C21H26N8O2/c22-19-15-7-6-12(9-17(15)26-27-19)16-10-18(25-20(23)24-16)28-8-2-5-14(11-28)29(21(30)31)13-3-1-4-13/h6-7,9-10,13-14H,1-5,8,11H2,(H,30,31)(H3,22,26,27)(H2,23,24,25)/t14-/m1/s1. The molecule has 0 bridgehead atoms. The summed E-state index contributed by atoms with van der Waals surface area (Å²) in [5.41, 5.74) is 14.3. The lowest BCUT2D eigenvalue weighted by Gasteiger charge is -2.44. The van der Waals surface area contributed by atoms with E-state index in [1.165, 1.54) is 0 Å². The number of rotatable bonds is 4. The number of carbonyl (C=O) groups is 1. The zero-order valence-electron chi connectivity index (χ0n) is 17.2. The van der Waals surface area contributed by atoms with Gasteiger partial charge >= 0.3 is 6.09 Å². The van der Waals surface area contributed by atoms with Gasteiger partial charge in [0.25, 0.3) is 0 Å². The van der Waals surface area contributed by atoms with Gasteiger partial charge in [-0.05, 0) is 44.2 Å². The minimum atomic E-state index is -0.827. The molecule has 1 saturated carbocycles. The number of benzene rings is 1. The summed E-state index contributed by atoms with van der Waals surface area (Å²) in [7, 11) is 0. The van der Waals surface area contributed by atoms with Crippen LogP contribution in [0.25, 0.3) is 22.2 Å². The fourth-order valence-electron chi connectivity index (χ4n) is 4.63. The number of nitrogens with one attached hydrogen (secondary N) is 1. The Bertz CT molecular complexity index is 1130. The second kappa shape index (κ2) is 7.60. The molecule has 0 unspecified atom stereocenters. The molecular weight excluding hydrogens is 396 g/mol. The van der Waals surface area contributed by atoms with Crippen LogP contribution in [0, 0.1) is 0 Å². The number of nitrogens with two attached hydrogens (primary N) is 2. The van der Waals surface area contributed by atoms with Crippen LogP contribution in [-0.4, -0.2) is 61.4 Å². The lowest BCUT2D eigenvalue weighted by molar-refractivity contribution is 0.0639. The first-order valence-corrected chi connectivity index (χ1v) is 10.6. The van der Waals surface area contributed by atoms with Gasteiger partial charge < -0.3 is 26.4 Å². The van der Waals surface area contributed by atoms with Gasteiger partial charge in [0.2, 0.25) is 5.95 Å². The van der Waals surface area contributed by atoms with Crippen LogP contribution in [0.5, 0.6) is 0 Å². The number of hydrogen-bond donors (Lipinski definition) is 4. The quantitative estimate of drug-likeness (QED) is 0.501. The number of H-pyrrole nitrogens is 1. The van der Waals surface area contributed by atoms with Crippen LogP contribution in [0.4, 0.5) is 22.4 Å². The molecule has 10 heteroatoms. The Morgan fingerprint density at radius 2 is 1.94 bits per heavy atom. The van der Waals surface area contributed by atoms with Crippen LogP contribution in [0.1, 0.15) is 32.1 Å². The molecule has 2 aliphatic rings. The average molecular weight is 422 g/mol. The molecule has 1 atom stereocenters. The minimum absolute atomic E-state index is 0.0412. The van der Waals surface area contributed by atoms with E-state index >= 15 is 0 Å². The number of piperidine rings is 1. The van der Waals surface area contributed by atoms with Crippen molar-refractivity contribution >= 4 is 34.6 Å². The van der Waals surface area contributed by atoms with E-state index in [9.17, 15) is 9.90 Å². The van der Waals surface area contributed by atoms with Gasteiger partial charge in [-0.15, -0.1) is 0 Å². The van der Waals surface area contributed by atoms with Crippen molar-refractivity contribution in [1.29, 1.82) is 0 Å². The zero-order valence-corrected chi connectivity index (χ0v) is 17.2. The third-order valence-electron chi connectivity index (χ3n) is 6.42. The highest BCUT2D eigenvalue weighted by atomic mass is 16.4. The third-order valence-corrected chi connectivity index (χ3v) is 6.42. The molecule has 2 fully saturated rings. The Labute approximate surface area is 179 Å². The van der Waals surface area contributed by atoms with E-state index in [1.807, 2.05) is 24.3 Å². The Morgan fingerprint density at radius 3 is 2.68 bits per heavy atom. The van der Waals surface area contributed by atoms with E-state index in [0.29, 0.717) is 18.1 Å². The average Bonchev–Trinajstić information content (AvgIpc) is 3.10. The van der Waals surface area contributed by atoms with Gasteiger partial charge in [-0.25, -0.2) is 9.78 Å². The Kier molecular flexibility index (Phi) is 4.76.